The molecule has 3 nitrogen and oxygen atoms in total. The van der Waals surface area contributed by atoms with E-state index in [-0.39, 0.29) is 0 Å². The van der Waals surface area contributed by atoms with Gasteiger partial charge in [-0.25, -0.2) is 0 Å². The Balaban J connectivity index is 2.31. The van der Waals surface area contributed by atoms with Gasteiger partial charge >= 0.3 is 0 Å². The third kappa shape index (κ3) is 5.32. The Morgan fingerprint density at radius 3 is 2.78 bits per heavy atom. The molecule has 0 aliphatic rings. The van der Waals surface area contributed by atoms with Crippen LogP contribution in [0, 0.1) is 5.41 Å². The molecule has 3 heteroatoms. The summed E-state index contributed by atoms with van der Waals surface area (Å²) in [4.78, 5) is 4.26. The Hall–Kier alpha value is -1.35. The molecule has 0 fully saturated rings. The number of nitrogens with two attached hydrogens (primary N) is 1. The molecule has 18 heavy (non-hydrogen) atoms. The van der Waals surface area contributed by atoms with Crippen molar-refractivity contribution in [3.63, 3.8) is 0 Å². The van der Waals surface area contributed by atoms with E-state index in [4.69, 9.17) is 5.73 Å². The van der Waals surface area contributed by atoms with Crippen LogP contribution in [0.5, 0.6) is 0 Å². The lowest BCUT2D eigenvalue weighted by atomic mass is 9.84. The number of hydrogen-bond acceptors (Lipinski definition) is 3. The van der Waals surface area contributed by atoms with E-state index in [1.54, 1.807) is 6.20 Å². The van der Waals surface area contributed by atoms with Gasteiger partial charge in [0.1, 0.15) is 0 Å². The average Bonchev–Trinajstić information content (AvgIpc) is 2.37. The van der Waals surface area contributed by atoms with Gasteiger partial charge in [0.15, 0.2) is 0 Å². The summed E-state index contributed by atoms with van der Waals surface area (Å²) in [7, 11) is 0. The summed E-state index contributed by atoms with van der Waals surface area (Å²) in [6, 6.07) is 5.85. The number of pyridine rings is 1. The van der Waals surface area contributed by atoms with E-state index >= 15 is 0 Å². The molecule has 0 atom stereocenters. The first kappa shape index (κ1) is 14.7. The molecule has 0 aliphatic heterocycles. The zero-order valence-electron chi connectivity index (χ0n) is 11.6. The van der Waals surface area contributed by atoms with Gasteiger partial charge < -0.3 is 11.1 Å². The molecule has 3 N–H and O–H groups in total. The zero-order chi connectivity index (χ0) is 13.4. The highest BCUT2D eigenvalue weighted by atomic mass is 14.9. The molecule has 1 heterocycles. The summed E-state index contributed by atoms with van der Waals surface area (Å²) in [5.74, 6) is 0. The largest absolute Gasteiger partial charge is 0.384 e. The molecule has 1 aromatic heterocycles. The van der Waals surface area contributed by atoms with Crippen molar-refractivity contribution in [2.24, 2.45) is 11.1 Å². The van der Waals surface area contributed by atoms with E-state index in [0.29, 0.717) is 5.41 Å². The SMILES string of the molecule is C=C(NCCC(C)(C)CCCN)c1ccccn1. The average molecular weight is 247 g/mol. The number of aromatic nitrogens is 1. The minimum absolute atomic E-state index is 0.330. The quantitative estimate of drug-likeness (QED) is 0.742. The van der Waals surface area contributed by atoms with Gasteiger partial charge in [0.2, 0.25) is 0 Å². The highest BCUT2D eigenvalue weighted by Gasteiger charge is 2.16. The van der Waals surface area contributed by atoms with Crippen LogP contribution in [-0.4, -0.2) is 18.1 Å². The molecule has 0 saturated heterocycles. The molecule has 0 radical (unpaired) electrons. The Morgan fingerprint density at radius 1 is 1.39 bits per heavy atom. The number of nitrogens with one attached hydrogen (secondary N) is 1. The summed E-state index contributed by atoms with van der Waals surface area (Å²) < 4.78 is 0. The van der Waals surface area contributed by atoms with Crippen LogP contribution in [0.3, 0.4) is 0 Å². The van der Waals surface area contributed by atoms with Crippen LogP contribution >= 0.6 is 0 Å². The lowest BCUT2D eigenvalue weighted by Gasteiger charge is -2.24. The predicted molar refractivity (Wildman–Crippen MR) is 78.0 cm³/mol. The molecule has 100 valence electrons. The van der Waals surface area contributed by atoms with E-state index < -0.39 is 0 Å². The molecule has 0 amide bonds. The fourth-order valence-electron chi connectivity index (χ4n) is 1.89. The van der Waals surface area contributed by atoms with Crippen molar-refractivity contribution < 1.29 is 0 Å². The zero-order valence-corrected chi connectivity index (χ0v) is 11.6. The minimum atomic E-state index is 0.330. The molecule has 0 aromatic carbocycles. The van der Waals surface area contributed by atoms with Crippen molar-refractivity contribution in [1.82, 2.24) is 10.3 Å². The number of rotatable bonds is 8. The first-order chi connectivity index (χ1) is 8.55. The van der Waals surface area contributed by atoms with Crippen molar-refractivity contribution in [3.05, 3.63) is 36.7 Å². The summed E-state index contributed by atoms with van der Waals surface area (Å²) in [6.45, 7) is 10.3. The lowest BCUT2D eigenvalue weighted by Crippen LogP contribution is -2.22. The van der Waals surface area contributed by atoms with Crippen LogP contribution in [0.2, 0.25) is 0 Å². The van der Waals surface area contributed by atoms with Crippen LogP contribution in [0.1, 0.15) is 38.8 Å². The van der Waals surface area contributed by atoms with Crippen LogP contribution in [0.4, 0.5) is 0 Å². The lowest BCUT2D eigenvalue weighted by molar-refractivity contribution is 0.301. The van der Waals surface area contributed by atoms with Crippen LogP contribution < -0.4 is 11.1 Å². The summed E-state index contributed by atoms with van der Waals surface area (Å²) >= 11 is 0. The molecule has 0 spiro atoms. The van der Waals surface area contributed by atoms with E-state index in [1.807, 2.05) is 18.2 Å². The molecule has 0 saturated carbocycles. The molecular formula is C15H25N3. The molecule has 1 aromatic rings. The smallest absolute Gasteiger partial charge is 0.0854 e. The topological polar surface area (TPSA) is 50.9 Å². The fourth-order valence-corrected chi connectivity index (χ4v) is 1.89. The third-order valence-corrected chi connectivity index (χ3v) is 3.17. The van der Waals surface area contributed by atoms with Crippen LogP contribution in [-0.2, 0) is 0 Å². The Morgan fingerprint density at radius 2 is 2.17 bits per heavy atom. The van der Waals surface area contributed by atoms with Crippen LogP contribution in [0.25, 0.3) is 5.70 Å². The second kappa shape index (κ2) is 7.17. The van der Waals surface area contributed by atoms with Crippen molar-refractivity contribution in [2.45, 2.75) is 33.1 Å². The van der Waals surface area contributed by atoms with Crippen LogP contribution in [0.15, 0.2) is 31.0 Å². The predicted octanol–water partition coefficient (Wildman–Crippen LogP) is 2.80. The second-order valence-corrected chi connectivity index (χ2v) is 5.43. The normalized spacial score (nSPS) is 11.3. The van der Waals surface area contributed by atoms with E-state index in [2.05, 4.69) is 30.7 Å². The number of hydrogen-bond donors (Lipinski definition) is 2. The second-order valence-electron chi connectivity index (χ2n) is 5.43. The molecular weight excluding hydrogens is 222 g/mol. The molecule has 0 unspecified atom stereocenters. The first-order valence-corrected chi connectivity index (χ1v) is 6.59. The van der Waals surface area contributed by atoms with Gasteiger partial charge in [0, 0.05) is 12.7 Å². The van der Waals surface area contributed by atoms with Gasteiger partial charge in [-0.05, 0) is 43.4 Å². The summed E-state index contributed by atoms with van der Waals surface area (Å²) in [5, 5.41) is 3.34. The van der Waals surface area contributed by atoms with E-state index in [1.165, 1.54) is 6.42 Å². The maximum absolute atomic E-state index is 5.55. The molecule has 1 rings (SSSR count). The van der Waals surface area contributed by atoms with Crippen molar-refractivity contribution in [2.75, 3.05) is 13.1 Å². The molecule has 0 aliphatic carbocycles. The highest BCUT2D eigenvalue weighted by Crippen LogP contribution is 2.25. The summed E-state index contributed by atoms with van der Waals surface area (Å²) in [5.41, 5.74) is 7.69. The minimum Gasteiger partial charge on any atom is -0.384 e. The maximum atomic E-state index is 5.55. The van der Waals surface area contributed by atoms with Gasteiger partial charge in [-0.3, -0.25) is 4.98 Å². The standard InChI is InChI=1S/C15H25N3/c1-13(14-7-4-5-11-18-14)17-12-9-15(2,3)8-6-10-16/h4-5,7,11,17H,1,6,8-10,12,16H2,2-3H3. The van der Waals surface area contributed by atoms with Gasteiger partial charge in [-0.15, -0.1) is 0 Å². The van der Waals surface area contributed by atoms with Gasteiger partial charge in [0.05, 0.1) is 11.4 Å². The van der Waals surface area contributed by atoms with Gasteiger partial charge in [-0.2, -0.15) is 0 Å². The monoisotopic (exact) mass is 247 g/mol. The van der Waals surface area contributed by atoms with Crippen molar-refractivity contribution in [1.29, 1.82) is 0 Å². The number of nitrogens with zero attached hydrogens (tertiary/aromatic N) is 1. The van der Waals surface area contributed by atoms with Gasteiger partial charge in [0.25, 0.3) is 0 Å². The Labute approximate surface area is 111 Å². The highest BCUT2D eigenvalue weighted by molar-refractivity contribution is 5.57. The van der Waals surface area contributed by atoms with Crippen molar-refractivity contribution in [3.8, 4) is 0 Å². The summed E-state index contributed by atoms with van der Waals surface area (Å²) in [6.07, 6.45) is 5.15. The maximum Gasteiger partial charge on any atom is 0.0854 e. The Kier molecular flexibility index (Phi) is 5.86. The fraction of sp³-hybridized carbons (Fsp3) is 0.533. The molecule has 0 bridgehead atoms. The van der Waals surface area contributed by atoms with Crippen molar-refractivity contribution >= 4 is 5.70 Å². The Bertz CT molecular complexity index is 357. The van der Waals surface area contributed by atoms with E-state index in [9.17, 15) is 0 Å². The third-order valence-electron chi connectivity index (χ3n) is 3.17. The van der Waals surface area contributed by atoms with E-state index in [0.717, 1.165) is 37.3 Å². The first-order valence-electron chi connectivity index (χ1n) is 6.59. The van der Waals surface area contributed by atoms with Gasteiger partial charge in [-0.1, -0.05) is 26.5 Å².